The highest BCUT2D eigenvalue weighted by Crippen LogP contribution is 2.56. The molecule has 1 unspecified atom stereocenters. The fraction of sp³-hybridized carbons (Fsp3) is 0.556. The largest absolute Gasteiger partial charge is 0.313 e. The van der Waals surface area contributed by atoms with Gasteiger partial charge in [0.1, 0.15) is 0 Å². The molecule has 2 aliphatic rings. The van der Waals surface area contributed by atoms with E-state index in [1.807, 2.05) is 28.8 Å². The second kappa shape index (κ2) is 5.44. The molecule has 1 aromatic heterocycles. The first-order valence-electron chi connectivity index (χ1n) is 8.67. The van der Waals surface area contributed by atoms with Crippen molar-refractivity contribution in [3.8, 4) is 0 Å². The minimum atomic E-state index is -4.13. The summed E-state index contributed by atoms with van der Waals surface area (Å²) in [4.78, 5) is 16.6. The summed E-state index contributed by atoms with van der Waals surface area (Å²) in [5, 5.41) is 2.57. The number of halogens is 4. The van der Waals surface area contributed by atoms with Crippen LogP contribution in [0.25, 0.3) is 11.0 Å². The lowest BCUT2D eigenvalue weighted by atomic mass is 9.74. The topological polar surface area (TPSA) is 46.9 Å². The molecule has 1 atom stereocenters. The van der Waals surface area contributed by atoms with Crippen molar-refractivity contribution in [3.05, 3.63) is 24.3 Å². The number of hydrogen-bond donors (Lipinski definition) is 1. The summed E-state index contributed by atoms with van der Waals surface area (Å²) in [6, 6.07) is 7.39. The van der Waals surface area contributed by atoms with E-state index in [1.54, 1.807) is 0 Å². The van der Waals surface area contributed by atoms with Crippen LogP contribution < -0.4 is 5.32 Å². The van der Waals surface area contributed by atoms with Gasteiger partial charge >= 0.3 is 11.8 Å². The van der Waals surface area contributed by atoms with Gasteiger partial charge in [-0.3, -0.25) is 10.1 Å². The van der Waals surface area contributed by atoms with Gasteiger partial charge in [0.25, 0.3) is 0 Å². The molecule has 0 radical (unpaired) electrons. The van der Waals surface area contributed by atoms with E-state index in [4.69, 9.17) is 0 Å². The number of hydrogen-bond acceptors (Lipinski definition) is 2. The predicted octanol–water partition coefficient (Wildman–Crippen LogP) is 4.55. The molecular weight excluding hydrogens is 350 g/mol. The van der Waals surface area contributed by atoms with E-state index >= 15 is 0 Å². The molecule has 0 aliphatic heterocycles. The smallest absolute Gasteiger partial charge is 0.304 e. The number of fused-ring (bicyclic) bond motifs is 1. The van der Waals surface area contributed by atoms with Crippen molar-refractivity contribution >= 4 is 22.9 Å². The molecular formula is C18H19F4N3O. The standard InChI is InChI=1S/C18H19F4N3O/c1-16(7-4-8-16)25-13-6-3-2-5-12(13)23-15(25)24-14(26)9-11-10-17(19,20)18(11,21)22/h2-3,5-6,11H,4,7-10H2,1H3,(H,23,24,26). The van der Waals surface area contributed by atoms with Crippen LogP contribution in [0.15, 0.2) is 24.3 Å². The maximum absolute atomic E-state index is 13.4. The Kier molecular flexibility index (Phi) is 3.62. The third-order valence-corrected chi connectivity index (χ3v) is 5.72. The number of nitrogens with one attached hydrogen (secondary N) is 1. The Bertz CT molecular complexity index is 872. The Morgan fingerprint density at radius 1 is 1.27 bits per heavy atom. The highest BCUT2D eigenvalue weighted by atomic mass is 19.3. The van der Waals surface area contributed by atoms with Crippen LogP contribution in [0.1, 0.15) is 39.0 Å². The minimum absolute atomic E-state index is 0.202. The molecule has 26 heavy (non-hydrogen) atoms. The van der Waals surface area contributed by atoms with Gasteiger partial charge in [0.05, 0.1) is 11.0 Å². The number of alkyl halides is 4. The van der Waals surface area contributed by atoms with E-state index in [1.165, 1.54) is 0 Å². The third-order valence-electron chi connectivity index (χ3n) is 5.72. The van der Waals surface area contributed by atoms with Gasteiger partial charge in [0.15, 0.2) is 0 Å². The van der Waals surface area contributed by atoms with Crippen molar-refractivity contribution < 1.29 is 22.4 Å². The number of anilines is 1. The van der Waals surface area contributed by atoms with E-state index in [9.17, 15) is 22.4 Å². The first kappa shape index (κ1) is 17.3. The van der Waals surface area contributed by atoms with E-state index < -0.39 is 36.5 Å². The number of carbonyl (C=O) groups is 1. The second-order valence-electron chi connectivity index (χ2n) is 7.59. The zero-order valence-electron chi connectivity index (χ0n) is 14.2. The monoisotopic (exact) mass is 369 g/mol. The lowest BCUT2D eigenvalue weighted by molar-refractivity contribution is -0.313. The number of nitrogens with zero attached hydrogens (tertiary/aromatic N) is 2. The number of rotatable bonds is 4. The molecule has 1 heterocycles. The fourth-order valence-corrected chi connectivity index (χ4v) is 3.91. The van der Waals surface area contributed by atoms with Gasteiger partial charge < -0.3 is 4.57 Å². The Morgan fingerprint density at radius 2 is 1.96 bits per heavy atom. The molecule has 0 spiro atoms. The predicted molar refractivity (Wildman–Crippen MR) is 88.5 cm³/mol. The Labute approximate surface area is 147 Å². The van der Waals surface area contributed by atoms with Gasteiger partial charge in [-0.25, -0.2) is 4.98 Å². The van der Waals surface area contributed by atoms with Crippen molar-refractivity contribution in [2.45, 2.75) is 56.4 Å². The Morgan fingerprint density at radius 3 is 2.54 bits per heavy atom. The maximum Gasteiger partial charge on any atom is 0.313 e. The van der Waals surface area contributed by atoms with Gasteiger partial charge in [-0.15, -0.1) is 0 Å². The van der Waals surface area contributed by atoms with Gasteiger partial charge in [0, 0.05) is 24.3 Å². The lowest BCUT2D eigenvalue weighted by Crippen LogP contribution is -2.59. The van der Waals surface area contributed by atoms with Crippen LogP contribution in [0.4, 0.5) is 23.5 Å². The van der Waals surface area contributed by atoms with E-state index in [-0.39, 0.29) is 11.5 Å². The second-order valence-corrected chi connectivity index (χ2v) is 7.59. The number of imidazole rings is 1. The number of aromatic nitrogens is 2. The molecule has 2 saturated carbocycles. The van der Waals surface area contributed by atoms with Gasteiger partial charge in [0.2, 0.25) is 11.9 Å². The Hall–Kier alpha value is -2.12. The lowest BCUT2D eigenvalue weighted by Gasteiger charge is -2.43. The summed E-state index contributed by atoms with van der Waals surface area (Å²) in [7, 11) is 0. The zero-order valence-corrected chi connectivity index (χ0v) is 14.2. The highest BCUT2D eigenvalue weighted by Gasteiger charge is 2.71. The van der Waals surface area contributed by atoms with E-state index in [0.29, 0.717) is 5.52 Å². The van der Waals surface area contributed by atoms with Gasteiger partial charge in [-0.1, -0.05) is 12.1 Å². The average Bonchev–Trinajstić information content (AvgIpc) is 2.90. The molecule has 1 amide bonds. The minimum Gasteiger partial charge on any atom is -0.304 e. The summed E-state index contributed by atoms with van der Waals surface area (Å²) in [5.74, 6) is -10.2. The summed E-state index contributed by atoms with van der Waals surface area (Å²) in [6.07, 6.45) is 1.27. The third kappa shape index (κ3) is 2.41. The van der Waals surface area contributed by atoms with Crippen LogP contribution in [-0.4, -0.2) is 27.3 Å². The first-order valence-corrected chi connectivity index (χ1v) is 8.67. The normalized spacial score (nSPS) is 25.3. The van der Waals surface area contributed by atoms with Crippen molar-refractivity contribution in [1.82, 2.24) is 9.55 Å². The van der Waals surface area contributed by atoms with Crippen molar-refractivity contribution in [3.63, 3.8) is 0 Å². The zero-order chi connectivity index (χ0) is 18.7. The highest BCUT2D eigenvalue weighted by molar-refractivity contribution is 5.92. The SMILES string of the molecule is CC1(n2c(NC(=O)CC3CC(F)(F)C3(F)F)nc3ccccc32)CCC1. The number of carbonyl (C=O) groups excluding carboxylic acids is 1. The van der Waals surface area contributed by atoms with Crippen LogP contribution in [0, 0.1) is 5.92 Å². The summed E-state index contributed by atoms with van der Waals surface area (Å²) >= 11 is 0. The van der Waals surface area contributed by atoms with E-state index in [0.717, 1.165) is 24.8 Å². The maximum atomic E-state index is 13.4. The average molecular weight is 369 g/mol. The summed E-state index contributed by atoms with van der Waals surface area (Å²) < 4.78 is 54.7. The summed E-state index contributed by atoms with van der Waals surface area (Å²) in [6.45, 7) is 2.06. The van der Waals surface area contributed by atoms with E-state index in [2.05, 4.69) is 17.2 Å². The summed E-state index contributed by atoms with van der Waals surface area (Å²) in [5.41, 5.74) is 1.34. The van der Waals surface area contributed by atoms with Crippen LogP contribution in [-0.2, 0) is 10.3 Å². The molecule has 2 aliphatic carbocycles. The molecule has 2 fully saturated rings. The molecule has 0 bridgehead atoms. The molecule has 2 aromatic rings. The van der Waals surface area contributed by atoms with Crippen LogP contribution in [0.2, 0.25) is 0 Å². The first-order chi connectivity index (χ1) is 12.1. The quantitative estimate of drug-likeness (QED) is 0.804. The fourth-order valence-electron chi connectivity index (χ4n) is 3.91. The van der Waals surface area contributed by atoms with Gasteiger partial charge in [-0.2, -0.15) is 17.6 Å². The number of benzene rings is 1. The van der Waals surface area contributed by atoms with Crippen LogP contribution in [0.5, 0.6) is 0 Å². The van der Waals surface area contributed by atoms with Crippen molar-refractivity contribution in [2.24, 2.45) is 5.92 Å². The van der Waals surface area contributed by atoms with Crippen LogP contribution in [0.3, 0.4) is 0 Å². The molecule has 4 nitrogen and oxygen atoms in total. The number of para-hydroxylation sites is 2. The van der Waals surface area contributed by atoms with Gasteiger partial charge in [-0.05, 0) is 38.3 Å². The molecule has 1 N–H and O–H groups in total. The molecule has 1 aromatic carbocycles. The Balaban J connectivity index is 1.58. The van der Waals surface area contributed by atoms with Crippen LogP contribution >= 0.6 is 0 Å². The molecule has 140 valence electrons. The molecule has 8 heteroatoms. The molecule has 4 rings (SSSR count). The van der Waals surface area contributed by atoms with Crippen molar-refractivity contribution in [1.29, 1.82) is 0 Å². The number of amides is 1. The molecule has 0 saturated heterocycles. The van der Waals surface area contributed by atoms with Crippen molar-refractivity contribution in [2.75, 3.05) is 5.32 Å².